The molecule has 0 atom stereocenters. The van der Waals surface area contributed by atoms with Gasteiger partial charge in [-0.05, 0) is 38.8 Å². The number of hydrogen-bond donors (Lipinski definition) is 1. The summed E-state index contributed by atoms with van der Waals surface area (Å²) < 4.78 is 0. The van der Waals surface area contributed by atoms with Crippen molar-refractivity contribution in [2.24, 2.45) is 5.41 Å². The largest absolute Gasteiger partial charge is 0.339 e. The number of halogens is 1. The maximum absolute atomic E-state index is 12.3. The monoisotopic (exact) mass is 244 g/mol. The third-order valence-electron chi connectivity index (χ3n) is 3.73. The molecule has 16 heavy (non-hydrogen) atoms. The van der Waals surface area contributed by atoms with Crippen molar-refractivity contribution in [1.82, 2.24) is 10.2 Å². The molecule has 1 N–H and O–H groups in total. The molecule has 1 spiro atoms. The minimum atomic E-state index is -0.0352. The van der Waals surface area contributed by atoms with Crippen LogP contribution in [0.15, 0.2) is 12.7 Å². The zero-order valence-electron chi connectivity index (χ0n) is 9.71. The predicted octanol–water partition coefficient (Wildman–Crippen LogP) is 1.59. The van der Waals surface area contributed by atoms with E-state index in [-0.39, 0.29) is 17.8 Å². The number of likely N-dealkylation sites (tertiary alicyclic amines) is 1. The lowest BCUT2D eigenvalue weighted by atomic mass is 9.72. The quantitative estimate of drug-likeness (QED) is 0.749. The van der Waals surface area contributed by atoms with Crippen molar-refractivity contribution < 1.29 is 4.79 Å². The van der Waals surface area contributed by atoms with E-state index in [9.17, 15) is 4.79 Å². The van der Waals surface area contributed by atoms with Crippen molar-refractivity contribution in [2.75, 3.05) is 26.2 Å². The van der Waals surface area contributed by atoms with E-state index in [0.29, 0.717) is 12.5 Å². The molecule has 0 saturated carbocycles. The highest BCUT2D eigenvalue weighted by molar-refractivity contribution is 5.85. The van der Waals surface area contributed by atoms with Gasteiger partial charge in [0.25, 0.3) is 0 Å². The zero-order chi connectivity index (χ0) is 10.7. The first kappa shape index (κ1) is 13.5. The normalized spacial score (nSPS) is 24.0. The molecule has 0 radical (unpaired) electrons. The Bertz CT molecular complexity index is 256. The van der Waals surface area contributed by atoms with Crippen molar-refractivity contribution in [3.05, 3.63) is 12.7 Å². The van der Waals surface area contributed by atoms with Gasteiger partial charge in [-0.2, -0.15) is 0 Å². The van der Waals surface area contributed by atoms with Gasteiger partial charge < -0.3 is 10.2 Å². The van der Waals surface area contributed by atoms with Gasteiger partial charge in [-0.25, -0.2) is 0 Å². The summed E-state index contributed by atoms with van der Waals surface area (Å²) in [5.41, 5.74) is -0.0352. The molecule has 0 aromatic rings. The molecule has 0 aliphatic carbocycles. The Morgan fingerprint density at radius 1 is 1.38 bits per heavy atom. The predicted molar refractivity (Wildman–Crippen MR) is 67.8 cm³/mol. The van der Waals surface area contributed by atoms with Crippen molar-refractivity contribution in [2.45, 2.75) is 25.7 Å². The number of rotatable bonds is 2. The number of nitrogens with zero attached hydrogens (tertiary/aromatic N) is 1. The van der Waals surface area contributed by atoms with E-state index in [4.69, 9.17) is 0 Å². The number of amides is 1. The molecule has 0 bridgehead atoms. The summed E-state index contributed by atoms with van der Waals surface area (Å²) in [5, 5.41) is 3.33. The van der Waals surface area contributed by atoms with Crippen molar-refractivity contribution in [3.63, 3.8) is 0 Å². The van der Waals surface area contributed by atoms with Crippen molar-refractivity contribution >= 4 is 18.3 Å². The van der Waals surface area contributed by atoms with Crippen LogP contribution >= 0.6 is 12.4 Å². The first-order chi connectivity index (χ1) is 7.28. The van der Waals surface area contributed by atoms with Crippen LogP contribution in [0.25, 0.3) is 0 Å². The summed E-state index contributed by atoms with van der Waals surface area (Å²) >= 11 is 0. The first-order valence-electron chi connectivity index (χ1n) is 5.89. The van der Waals surface area contributed by atoms with Gasteiger partial charge >= 0.3 is 0 Å². The molecule has 0 unspecified atom stereocenters. The molecule has 2 saturated heterocycles. The molecule has 2 heterocycles. The van der Waals surface area contributed by atoms with Crippen molar-refractivity contribution in [3.8, 4) is 0 Å². The molecule has 2 fully saturated rings. The molecule has 1 amide bonds. The van der Waals surface area contributed by atoms with E-state index in [1.165, 1.54) is 0 Å². The van der Waals surface area contributed by atoms with E-state index in [0.717, 1.165) is 45.3 Å². The highest BCUT2D eigenvalue weighted by Crippen LogP contribution is 2.38. The topological polar surface area (TPSA) is 32.3 Å². The Morgan fingerprint density at radius 3 is 2.69 bits per heavy atom. The molecule has 2 aliphatic rings. The zero-order valence-corrected chi connectivity index (χ0v) is 10.5. The lowest BCUT2D eigenvalue weighted by Gasteiger charge is -2.43. The Balaban J connectivity index is 0.00000128. The molecule has 4 heteroatoms. The molecule has 0 aromatic heterocycles. The van der Waals surface area contributed by atoms with Gasteiger partial charge in [0.1, 0.15) is 0 Å². The van der Waals surface area contributed by atoms with Crippen LogP contribution in [-0.2, 0) is 4.79 Å². The number of nitrogens with one attached hydrogen (secondary N) is 1. The fraction of sp³-hybridized carbons (Fsp3) is 0.750. The summed E-state index contributed by atoms with van der Waals surface area (Å²) in [4.78, 5) is 14.3. The van der Waals surface area contributed by atoms with Crippen LogP contribution in [0.1, 0.15) is 25.7 Å². The van der Waals surface area contributed by atoms with Crippen molar-refractivity contribution in [1.29, 1.82) is 0 Å². The van der Waals surface area contributed by atoms with Crippen LogP contribution in [0.4, 0.5) is 0 Å². The van der Waals surface area contributed by atoms with E-state index < -0.39 is 0 Å². The van der Waals surface area contributed by atoms with Gasteiger partial charge in [0.05, 0.1) is 5.41 Å². The SMILES string of the molecule is C=CCN1CCCC2(CCNCC2)C1=O.Cl. The lowest BCUT2D eigenvalue weighted by molar-refractivity contribution is -0.147. The third kappa shape index (κ3) is 2.41. The van der Waals surface area contributed by atoms with Crippen LogP contribution in [-0.4, -0.2) is 37.0 Å². The van der Waals surface area contributed by atoms with Gasteiger partial charge in [-0.3, -0.25) is 4.79 Å². The average molecular weight is 245 g/mol. The molecular formula is C12H21ClN2O. The Hall–Kier alpha value is -0.540. The Kier molecular flexibility index (Phi) is 4.81. The van der Waals surface area contributed by atoms with E-state index in [2.05, 4.69) is 11.9 Å². The maximum Gasteiger partial charge on any atom is 0.229 e. The fourth-order valence-corrected chi connectivity index (χ4v) is 2.85. The van der Waals surface area contributed by atoms with E-state index in [1.54, 1.807) is 0 Å². The second-order valence-electron chi connectivity index (χ2n) is 4.67. The second kappa shape index (κ2) is 5.69. The Labute approximate surface area is 104 Å². The highest BCUT2D eigenvalue weighted by atomic mass is 35.5. The second-order valence-corrected chi connectivity index (χ2v) is 4.67. The molecule has 0 aromatic carbocycles. The minimum Gasteiger partial charge on any atom is -0.339 e. The minimum absolute atomic E-state index is 0. The maximum atomic E-state index is 12.3. The van der Waals surface area contributed by atoms with Gasteiger partial charge in [0, 0.05) is 13.1 Å². The number of hydrogen-bond acceptors (Lipinski definition) is 2. The number of carbonyl (C=O) groups is 1. The van der Waals surface area contributed by atoms with Crippen LogP contribution in [0, 0.1) is 5.41 Å². The van der Waals surface area contributed by atoms with E-state index >= 15 is 0 Å². The smallest absolute Gasteiger partial charge is 0.229 e. The molecular weight excluding hydrogens is 224 g/mol. The Morgan fingerprint density at radius 2 is 2.06 bits per heavy atom. The lowest BCUT2D eigenvalue weighted by Crippen LogP contribution is -2.52. The average Bonchev–Trinajstić information content (AvgIpc) is 2.27. The first-order valence-corrected chi connectivity index (χ1v) is 5.89. The van der Waals surface area contributed by atoms with Gasteiger partial charge in [0.15, 0.2) is 0 Å². The number of piperidine rings is 2. The van der Waals surface area contributed by atoms with Gasteiger partial charge in [0.2, 0.25) is 5.91 Å². The van der Waals surface area contributed by atoms with Crippen LogP contribution in [0.3, 0.4) is 0 Å². The summed E-state index contributed by atoms with van der Waals surface area (Å²) in [6, 6.07) is 0. The van der Waals surface area contributed by atoms with E-state index in [1.807, 2.05) is 11.0 Å². The highest BCUT2D eigenvalue weighted by Gasteiger charge is 2.43. The number of carbonyl (C=O) groups excluding carboxylic acids is 1. The summed E-state index contributed by atoms with van der Waals surface area (Å²) in [6.45, 7) is 7.34. The molecule has 3 nitrogen and oxygen atoms in total. The third-order valence-corrected chi connectivity index (χ3v) is 3.73. The standard InChI is InChI=1S/C12H20N2O.ClH/c1-2-9-14-10-3-4-12(11(14)15)5-7-13-8-6-12;/h2,13H,1,3-10H2;1H. The van der Waals surface area contributed by atoms with Gasteiger partial charge in [-0.15, -0.1) is 19.0 Å². The molecule has 2 rings (SSSR count). The van der Waals surface area contributed by atoms with Crippen LogP contribution in [0.2, 0.25) is 0 Å². The van der Waals surface area contributed by atoms with Gasteiger partial charge in [-0.1, -0.05) is 6.08 Å². The summed E-state index contributed by atoms with van der Waals surface area (Å²) in [7, 11) is 0. The fourth-order valence-electron chi connectivity index (χ4n) is 2.85. The summed E-state index contributed by atoms with van der Waals surface area (Å²) in [5.74, 6) is 0.371. The molecule has 2 aliphatic heterocycles. The van der Waals surface area contributed by atoms with Crippen LogP contribution < -0.4 is 5.32 Å². The molecule has 92 valence electrons. The summed E-state index contributed by atoms with van der Waals surface area (Å²) in [6.07, 6.45) is 6.09. The van der Waals surface area contributed by atoms with Crippen LogP contribution in [0.5, 0.6) is 0 Å².